The molecule has 1 aromatic carbocycles. The van der Waals surface area contributed by atoms with Crippen LogP contribution in [0.5, 0.6) is 5.75 Å². The second-order valence-electron chi connectivity index (χ2n) is 8.19. The number of ether oxygens (including phenoxy) is 2. The first-order valence-corrected chi connectivity index (χ1v) is 12.5. The largest absolute Gasteiger partial charge is 0.468 e. The zero-order valence-corrected chi connectivity index (χ0v) is 21.0. The fourth-order valence-corrected chi connectivity index (χ4v) is 4.99. The molecule has 3 rings (SSSR count). The standard InChI is InChI=1S/C21H27N6O8P/c1-12-5-7-15(8-6-12)35-36(31,25-14(3)20(29)32-4)33-11-17-16(24-26-22)9-18(34-17)27-10-13(2)19(28)23-21(27)30/h5-8,10,14,16-18H,9,11H2,1-4H3,(H,25,31)(H,23,28,30)/t14-,16-,17+,18+,36?/m0/s1. The molecule has 1 unspecified atom stereocenters. The molecule has 0 spiro atoms. The second kappa shape index (κ2) is 11.5. The van der Waals surface area contributed by atoms with Crippen LogP contribution < -0.4 is 20.9 Å². The van der Waals surface area contributed by atoms with Crippen molar-refractivity contribution < 1.29 is 27.9 Å². The zero-order valence-electron chi connectivity index (χ0n) is 20.1. The quantitative estimate of drug-likeness (QED) is 0.155. The molecule has 0 bridgehead atoms. The van der Waals surface area contributed by atoms with Gasteiger partial charge in [-0.1, -0.05) is 22.8 Å². The van der Waals surface area contributed by atoms with Crippen molar-refractivity contribution in [3.63, 3.8) is 0 Å². The molecule has 194 valence electrons. The minimum atomic E-state index is -4.17. The van der Waals surface area contributed by atoms with Crippen LogP contribution in [0.15, 0.2) is 45.2 Å². The van der Waals surface area contributed by atoms with E-state index in [2.05, 4.69) is 24.8 Å². The Labute approximate surface area is 205 Å². The van der Waals surface area contributed by atoms with Gasteiger partial charge in [0, 0.05) is 23.1 Å². The molecule has 1 fully saturated rings. The van der Waals surface area contributed by atoms with Crippen LogP contribution in [-0.2, 0) is 23.4 Å². The first-order chi connectivity index (χ1) is 17.0. The summed E-state index contributed by atoms with van der Waals surface area (Å²) in [5.74, 6) is -0.469. The summed E-state index contributed by atoms with van der Waals surface area (Å²) in [6, 6.07) is 4.84. The summed E-state index contributed by atoms with van der Waals surface area (Å²) in [5, 5.41) is 6.24. The molecule has 1 aliphatic rings. The van der Waals surface area contributed by atoms with Crippen molar-refractivity contribution in [1.82, 2.24) is 14.6 Å². The number of H-pyrrole nitrogens is 1. The minimum absolute atomic E-state index is 0.0958. The van der Waals surface area contributed by atoms with Crippen LogP contribution in [0.1, 0.15) is 30.7 Å². The number of hydrogen-bond donors (Lipinski definition) is 2. The van der Waals surface area contributed by atoms with Crippen molar-refractivity contribution in [2.75, 3.05) is 13.7 Å². The van der Waals surface area contributed by atoms with E-state index in [-0.39, 0.29) is 24.3 Å². The van der Waals surface area contributed by atoms with Gasteiger partial charge in [0.1, 0.15) is 18.0 Å². The third-order valence-corrected chi connectivity index (χ3v) is 7.07. The molecule has 1 saturated heterocycles. The van der Waals surface area contributed by atoms with Crippen molar-refractivity contribution in [1.29, 1.82) is 0 Å². The predicted molar refractivity (Wildman–Crippen MR) is 127 cm³/mol. The first kappa shape index (κ1) is 27.2. The SMILES string of the molecule is COC(=O)[C@H](C)NP(=O)(OC[C@H]1O[C@@H](n2cc(C)c(=O)[nH]c2=O)C[C@@H]1N=[N+]=[N-])Oc1ccc(C)cc1. The maximum atomic E-state index is 13.6. The monoisotopic (exact) mass is 522 g/mol. The highest BCUT2D eigenvalue weighted by atomic mass is 31.2. The van der Waals surface area contributed by atoms with Crippen molar-refractivity contribution in [2.45, 2.75) is 51.6 Å². The van der Waals surface area contributed by atoms with Crippen LogP contribution in [0.3, 0.4) is 0 Å². The van der Waals surface area contributed by atoms with E-state index in [1.54, 1.807) is 24.3 Å². The number of methoxy groups -OCH3 is 1. The first-order valence-electron chi connectivity index (χ1n) is 10.9. The average molecular weight is 522 g/mol. The van der Waals surface area contributed by atoms with Gasteiger partial charge in [-0.3, -0.25) is 23.7 Å². The topological polar surface area (TPSA) is 187 Å². The number of carbonyl (C=O) groups is 1. The molecule has 5 atom stereocenters. The second-order valence-corrected chi connectivity index (χ2v) is 9.88. The molecule has 15 heteroatoms. The average Bonchev–Trinajstić information content (AvgIpc) is 3.23. The summed E-state index contributed by atoms with van der Waals surface area (Å²) in [7, 11) is -2.99. The van der Waals surface area contributed by atoms with Crippen molar-refractivity contribution in [3.8, 4) is 5.75 Å². The van der Waals surface area contributed by atoms with E-state index in [9.17, 15) is 18.9 Å². The van der Waals surface area contributed by atoms with Crippen LogP contribution in [-0.4, -0.2) is 47.4 Å². The number of aromatic amines is 1. The van der Waals surface area contributed by atoms with E-state index >= 15 is 0 Å². The fraction of sp³-hybridized carbons (Fsp3) is 0.476. The summed E-state index contributed by atoms with van der Waals surface area (Å²) >= 11 is 0. The maximum absolute atomic E-state index is 13.6. The highest BCUT2D eigenvalue weighted by molar-refractivity contribution is 7.52. The number of aromatic nitrogens is 2. The molecule has 0 aliphatic carbocycles. The molecular weight excluding hydrogens is 495 g/mol. The van der Waals surface area contributed by atoms with Crippen molar-refractivity contribution in [3.05, 3.63) is 72.9 Å². The predicted octanol–water partition coefficient (Wildman–Crippen LogP) is 2.47. The lowest BCUT2D eigenvalue weighted by atomic mass is 10.1. The van der Waals surface area contributed by atoms with E-state index in [0.717, 1.165) is 5.56 Å². The van der Waals surface area contributed by atoms with Crippen molar-refractivity contribution in [2.24, 2.45) is 5.11 Å². The summed E-state index contributed by atoms with van der Waals surface area (Å²) in [6.45, 7) is 4.45. The molecule has 0 saturated carbocycles. The number of nitrogens with one attached hydrogen (secondary N) is 2. The smallest absolute Gasteiger partial charge is 0.459 e. The molecule has 0 radical (unpaired) electrons. The zero-order chi connectivity index (χ0) is 26.5. The van der Waals surface area contributed by atoms with E-state index in [1.807, 2.05) is 6.92 Å². The summed E-state index contributed by atoms with van der Waals surface area (Å²) in [5.41, 5.74) is 9.00. The van der Waals surface area contributed by atoms with Gasteiger partial charge in [-0.05, 0) is 38.4 Å². The number of rotatable bonds is 10. The van der Waals surface area contributed by atoms with Crippen LogP contribution in [0.2, 0.25) is 0 Å². The number of hydrogen-bond acceptors (Lipinski definition) is 9. The number of carbonyl (C=O) groups excluding carboxylic acids is 1. The maximum Gasteiger partial charge on any atom is 0.459 e. The van der Waals surface area contributed by atoms with Gasteiger partial charge in [0.15, 0.2) is 0 Å². The Hall–Kier alpha value is -3.41. The Bertz CT molecular complexity index is 1300. The van der Waals surface area contributed by atoms with E-state index < -0.39 is 49.4 Å². The molecular formula is C21H27N6O8P. The van der Waals surface area contributed by atoms with Gasteiger partial charge >= 0.3 is 19.4 Å². The normalized spacial score (nSPS) is 21.7. The van der Waals surface area contributed by atoms with E-state index in [4.69, 9.17) is 19.3 Å². The Balaban J connectivity index is 1.82. The molecule has 2 N–H and O–H groups in total. The molecule has 1 aromatic heterocycles. The van der Waals surface area contributed by atoms with Crippen LogP contribution in [0.4, 0.5) is 0 Å². The molecule has 0 amide bonds. The van der Waals surface area contributed by atoms with Gasteiger partial charge in [-0.25, -0.2) is 9.36 Å². The van der Waals surface area contributed by atoms with E-state index in [0.29, 0.717) is 0 Å². The molecule has 36 heavy (non-hydrogen) atoms. The molecule has 2 heterocycles. The number of benzene rings is 1. The van der Waals surface area contributed by atoms with Crippen LogP contribution in [0.25, 0.3) is 10.4 Å². The Kier molecular flexibility index (Phi) is 8.72. The third-order valence-electron chi connectivity index (χ3n) is 5.42. The van der Waals surface area contributed by atoms with Crippen molar-refractivity contribution >= 4 is 13.7 Å². The van der Waals surface area contributed by atoms with Gasteiger partial charge < -0.3 is 14.0 Å². The highest BCUT2D eigenvalue weighted by Crippen LogP contribution is 2.46. The Morgan fingerprint density at radius 1 is 1.36 bits per heavy atom. The van der Waals surface area contributed by atoms with Gasteiger partial charge in [-0.15, -0.1) is 0 Å². The van der Waals surface area contributed by atoms with Gasteiger partial charge in [0.05, 0.1) is 25.9 Å². The third kappa shape index (κ3) is 6.62. The Morgan fingerprint density at radius 3 is 2.69 bits per heavy atom. The van der Waals surface area contributed by atoms with Crippen LogP contribution in [0, 0.1) is 13.8 Å². The number of esters is 1. The molecule has 1 aliphatic heterocycles. The molecule has 2 aromatic rings. The van der Waals surface area contributed by atoms with Gasteiger partial charge in [0.25, 0.3) is 5.56 Å². The number of azide groups is 1. The highest BCUT2D eigenvalue weighted by Gasteiger charge is 2.40. The lowest BCUT2D eigenvalue weighted by molar-refractivity contribution is -0.142. The summed E-state index contributed by atoms with van der Waals surface area (Å²) < 4.78 is 36.5. The summed E-state index contributed by atoms with van der Waals surface area (Å²) in [4.78, 5) is 40.9. The molecule has 14 nitrogen and oxygen atoms in total. The van der Waals surface area contributed by atoms with Gasteiger partial charge in [-0.2, -0.15) is 5.09 Å². The number of nitrogens with zero attached hydrogens (tertiary/aromatic N) is 4. The summed E-state index contributed by atoms with van der Waals surface area (Å²) in [6.07, 6.45) is -0.363. The lowest BCUT2D eigenvalue weighted by Crippen LogP contribution is -2.36. The Morgan fingerprint density at radius 2 is 2.06 bits per heavy atom. The fourth-order valence-electron chi connectivity index (χ4n) is 3.49. The van der Waals surface area contributed by atoms with E-state index in [1.165, 1.54) is 31.7 Å². The number of aryl methyl sites for hydroxylation is 2. The van der Waals surface area contributed by atoms with Gasteiger partial charge in [0.2, 0.25) is 0 Å². The van der Waals surface area contributed by atoms with Crippen LogP contribution >= 0.6 is 7.75 Å². The minimum Gasteiger partial charge on any atom is -0.468 e. The lowest BCUT2D eigenvalue weighted by Gasteiger charge is -2.24.